The molecule has 5 heteroatoms. The second-order valence-electron chi connectivity index (χ2n) is 7.70. The van der Waals surface area contributed by atoms with Crippen LogP contribution in [0.25, 0.3) is 0 Å². The van der Waals surface area contributed by atoms with Gasteiger partial charge in [0, 0.05) is 23.8 Å². The zero-order chi connectivity index (χ0) is 19.1. The van der Waals surface area contributed by atoms with Crippen molar-refractivity contribution < 1.29 is 0 Å². The molecular formula is C23H25N5. The zero-order valence-corrected chi connectivity index (χ0v) is 16.4. The van der Waals surface area contributed by atoms with Crippen LogP contribution in [0.1, 0.15) is 45.1 Å². The van der Waals surface area contributed by atoms with E-state index in [4.69, 9.17) is 4.98 Å². The van der Waals surface area contributed by atoms with E-state index in [1.54, 1.807) is 6.33 Å². The number of hydrogen-bond donors (Lipinski definition) is 0. The highest BCUT2D eigenvalue weighted by Gasteiger charge is 2.45. The van der Waals surface area contributed by atoms with Crippen molar-refractivity contribution in [2.45, 2.75) is 51.1 Å². The lowest BCUT2D eigenvalue weighted by Gasteiger charge is -2.33. The maximum absolute atomic E-state index is 4.72. The average Bonchev–Trinajstić information content (AvgIpc) is 3.02. The number of benzene rings is 1. The number of pyridine rings is 1. The third-order valence-corrected chi connectivity index (χ3v) is 6.67. The Labute approximate surface area is 166 Å². The number of hydrogen-bond acceptors (Lipinski definition) is 5. The van der Waals surface area contributed by atoms with Gasteiger partial charge in [0.05, 0.1) is 6.20 Å². The summed E-state index contributed by atoms with van der Waals surface area (Å²) in [7, 11) is 0. The Hall–Kier alpha value is -2.95. The predicted octanol–water partition coefficient (Wildman–Crippen LogP) is 5.34. The summed E-state index contributed by atoms with van der Waals surface area (Å²) in [6.07, 6.45) is 12.0. The minimum absolute atomic E-state index is 0.190. The molecule has 28 heavy (non-hydrogen) atoms. The molecule has 2 aliphatic rings. The second-order valence-corrected chi connectivity index (χ2v) is 7.70. The highest BCUT2D eigenvalue weighted by molar-refractivity contribution is 5.86. The molecule has 1 unspecified atom stereocenters. The summed E-state index contributed by atoms with van der Waals surface area (Å²) in [6.45, 7) is 4.65. The first-order chi connectivity index (χ1) is 13.8. The normalized spacial score (nSPS) is 19.6. The van der Waals surface area contributed by atoms with E-state index < -0.39 is 0 Å². The first-order valence-electron chi connectivity index (χ1n) is 10.2. The van der Waals surface area contributed by atoms with Gasteiger partial charge in [-0.05, 0) is 54.9 Å². The van der Waals surface area contributed by atoms with Crippen molar-refractivity contribution in [1.82, 2.24) is 15.0 Å². The van der Waals surface area contributed by atoms with Crippen molar-refractivity contribution in [1.29, 1.82) is 0 Å². The standard InChI is InChI=1S/C23H25N5/c1-3-23(4-2)12-9-21-27(17-10-13-24-14-11-17)20-15-25-16-26-22(20)28(21)19-8-6-5-7-18(19)23/h5-8,10-11,13-16,21H,3-4,9,12H2,1-2H3. The fourth-order valence-corrected chi connectivity index (χ4v) is 5.09. The molecule has 1 aromatic carbocycles. The van der Waals surface area contributed by atoms with E-state index in [2.05, 4.69) is 70.0 Å². The topological polar surface area (TPSA) is 45.2 Å². The van der Waals surface area contributed by atoms with E-state index in [9.17, 15) is 0 Å². The maximum Gasteiger partial charge on any atom is 0.162 e. The lowest BCUT2D eigenvalue weighted by atomic mass is 9.72. The van der Waals surface area contributed by atoms with E-state index >= 15 is 0 Å². The van der Waals surface area contributed by atoms with Crippen molar-refractivity contribution in [3.8, 4) is 0 Å². The van der Waals surface area contributed by atoms with E-state index in [1.807, 2.05) is 18.6 Å². The van der Waals surface area contributed by atoms with Crippen LogP contribution in [-0.4, -0.2) is 21.1 Å². The number of nitrogens with zero attached hydrogens (tertiary/aromatic N) is 5. The maximum atomic E-state index is 4.72. The Morgan fingerprint density at radius 3 is 2.54 bits per heavy atom. The third kappa shape index (κ3) is 2.35. The molecule has 2 aliphatic heterocycles. The van der Waals surface area contributed by atoms with Gasteiger partial charge in [0.25, 0.3) is 0 Å². The van der Waals surface area contributed by atoms with Crippen LogP contribution in [0.3, 0.4) is 0 Å². The zero-order valence-electron chi connectivity index (χ0n) is 16.4. The number of para-hydroxylation sites is 1. The summed E-state index contributed by atoms with van der Waals surface area (Å²) in [5.74, 6) is 0.993. The number of aromatic nitrogens is 3. The highest BCUT2D eigenvalue weighted by atomic mass is 15.5. The Morgan fingerprint density at radius 1 is 0.964 bits per heavy atom. The van der Waals surface area contributed by atoms with Crippen molar-refractivity contribution in [3.05, 3.63) is 66.9 Å². The molecule has 4 heterocycles. The summed E-state index contributed by atoms with van der Waals surface area (Å²) < 4.78 is 0. The highest BCUT2D eigenvalue weighted by Crippen LogP contribution is 2.53. The molecule has 0 fully saturated rings. The quantitative estimate of drug-likeness (QED) is 0.622. The molecule has 0 aliphatic carbocycles. The fraction of sp³-hybridized carbons (Fsp3) is 0.348. The van der Waals surface area contributed by atoms with Crippen LogP contribution in [0.2, 0.25) is 0 Å². The molecule has 142 valence electrons. The van der Waals surface area contributed by atoms with Crippen LogP contribution in [0.15, 0.2) is 61.3 Å². The largest absolute Gasteiger partial charge is 0.316 e. The van der Waals surface area contributed by atoms with Crippen molar-refractivity contribution in [2.75, 3.05) is 9.80 Å². The van der Waals surface area contributed by atoms with Crippen molar-refractivity contribution >= 4 is 22.9 Å². The van der Waals surface area contributed by atoms with Crippen LogP contribution < -0.4 is 9.80 Å². The molecule has 2 aromatic heterocycles. The third-order valence-electron chi connectivity index (χ3n) is 6.67. The van der Waals surface area contributed by atoms with E-state index in [1.165, 1.54) is 11.3 Å². The van der Waals surface area contributed by atoms with Crippen LogP contribution in [0.4, 0.5) is 22.9 Å². The summed E-state index contributed by atoms with van der Waals surface area (Å²) in [4.78, 5) is 18.1. The van der Waals surface area contributed by atoms with Gasteiger partial charge >= 0.3 is 0 Å². The van der Waals surface area contributed by atoms with Gasteiger partial charge in [0.1, 0.15) is 18.2 Å². The molecule has 1 atom stereocenters. The predicted molar refractivity (Wildman–Crippen MR) is 112 cm³/mol. The Kier molecular flexibility index (Phi) is 4.04. The molecule has 5 rings (SSSR count). The molecule has 0 N–H and O–H groups in total. The van der Waals surface area contributed by atoms with Gasteiger partial charge in [-0.15, -0.1) is 0 Å². The van der Waals surface area contributed by atoms with E-state index in [0.717, 1.165) is 42.9 Å². The molecule has 3 aromatic rings. The van der Waals surface area contributed by atoms with Gasteiger partial charge in [0.2, 0.25) is 0 Å². The smallest absolute Gasteiger partial charge is 0.162 e. The molecule has 0 spiro atoms. The Bertz CT molecular complexity index is 983. The number of anilines is 4. The molecule has 0 radical (unpaired) electrons. The summed E-state index contributed by atoms with van der Waals surface area (Å²) in [5, 5.41) is 0. The van der Waals surface area contributed by atoms with Crippen LogP contribution in [0, 0.1) is 0 Å². The molecule has 0 saturated heterocycles. The molecule has 0 bridgehead atoms. The minimum Gasteiger partial charge on any atom is -0.316 e. The number of rotatable bonds is 3. The molecule has 0 saturated carbocycles. The first-order valence-corrected chi connectivity index (χ1v) is 10.2. The van der Waals surface area contributed by atoms with Gasteiger partial charge < -0.3 is 9.80 Å². The summed E-state index contributed by atoms with van der Waals surface area (Å²) >= 11 is 0. The van der Waals surface area contributed by atoms with Crippen molar-refractivity contribution in [2.24, 2.45) is 0 Å². The lowest BCUT2D eigenvalue weighted by molar-refractivity contribution is 0.354. The van der Waals surface area contributed by atoms with Crippen LogP contribution >= 0.6 is 0 Å². The van der Waals surface area contributed by atoms with Crippen LogP contribution in [-0.2, 0) is 5.41 Å². The monoisotopic (exact) mass is 371 g/mol. The van der Waals surface area contributed by atoms with Gasteiger partial charge in [-0.2, -0.15) is 0 Å². The van der Waals surface area contributed by atoms with Crippen molar-refractivity contribution in [3.63, 3.8) is 0 Å². The van der Waals surface area contributed by atoms with Gasteiger partial charge in [-0.3, -0.25) is 4.98 Å². The Balaban J connectivity index is 1.75. The number of fused-ring (bicyclic) bond motifs is 5. The van der Waals surface area contributed by atoms with Gasteiger partial charge in [0.15, 0.2) is 5.82 Å². The van der Waals surface area contributed by atoms with Gasteiger partial charge in [-0.25, -0.2) is 9.97 Å². The molecule has 5 nitrogen and oxygen atoms in total. The summed E-state index contributed by atoms with van der Waals surface area (Å²) in [6, 6.07) is 13.0. The average molecular weight is 371 g/mol. The van der Waals surface area contributed by atoms with Gasteiger partial charge in [-0.1, -0.05) is 32.0 Å². The minimum atomic E-state index is 0.190. The molecule has 0 amide bonds. The fourth-order valence-electron chi connectivity index (χ4n) is 5.09. The summed E-state index contributed by atoms with van der Waals surface area (Å²) in [5.41, 5.74) is 5.14. The SMILES string of the molecule is CCC1(CC)CCC2N(c3ccncc3)c3cncnc3N2c2ccccc21. The Morgan fingerprint density at radius 2 is 1.75 bits per heavy atom. The first kappa shape index (κ1) is 17.2. The lowest BCUT2D eigenvalue weighted by Crippen LogP contribution is -2.37. The second kappa shape index (κ2) is 6.59. The molecular weight excluding hydrogens is 346 g/mol. The van der Waals surface area contributed by atoms with E-state index in [0.29, 0.717) is 0 Å². The van der Waals surface area contributed by atoms with Crippen LogP contribution in [0.5, 0.6) is 0 Å². The van der Waals surface area contributed by atoms with E-state index in [-0.39, 0.29) is 11.6 Å².